The Labute approximate surface area is 180 Å². The molecule has 2 aromatic heterocycles. The van der Waals surface area contributed by atoms with Crippen LogP contribution in [-0.2, 0) is 7.05 Å². The van der Waals surface area contributed by atoms with E-state index in [0.29, 0.717) is 27.7 Å². The van der Waals surface area contributed by atoms with Crippen LogP contribution in [0.5, 0.6) is 0 Å². The molecule has 10 heteroatoms. The normalized spacial score (nSPS) is 14.9. The maximum atomic E-state index is 12.8. The Balaban J connectivity index is 0.00000196. The summed E-state index contributed by atoms with van der Waals surface area (Å²) in [4.78, 5) is 30.5. The topological polar surface area (TPSA) is 103 Å². The molecule has 1 amide bonds. The molecule has 0 radical (unpaired) electrons. The number of carbonyl (C=O) groups is 1. The summed E-state index contributed by atoms with van der Waals surface area (Å²) in [7, 11) is 1.62. The predicted molar refractivity (Wildman–Crippen MR) is 117 cm³/mol. The van der Waals surface area contributed by atoms with Crippen LogP contribution in [0, 0.1) is 20.8 Å². The molecule has 7 nitrogen and oxygen atoms in total. The Bertz CT molecular complexity index is 919. The summed E-state index contributed by atoms with van der Waals surface area (Å²) in [5.74, 6) is -0.154. The zero-order chi connectivity index (χ0) is 19.1. The van der Waals surface area contributed by atoms with Crippen molar-refractivity contribution in [3.8, 4) is 10.6 Å². The second-order valence-electron chi connectivity index (χ2n) is 7.09. The molecule has 3 rings (SSSR count). The Morgan fingerprint density at radius 2 is 1.82 bits per heavy atom. The van der Waals surface area contributed by atoms with E-state index < -0.39 is 0 Å². The molecular formula is C18H27Cl2N5O2S. The van der Waals surface area contributed by atoms with Gasteiger partial charge in [0.2, 0.25) is 0 Å². The Morgan fingerprint density at radius 3 is 2.39 bits per heavy atom. The molecule has 156 valence electrons. The van der Waals surface area contributed by atoms with Gasteiger partial charge in [0.1, 0.15) is 9.88 Å². The molecule has 1 aliphatic rings. The van der Waals surface area contributed by atoms with E-state index in [4.69, 9.17) is 5.73 Å². The summed E-state index contributed by atoms with van der Waals surface area (Å²) < 4.78 is 1.32. The van der Waals surface area contributed by atoms with E-state index in [0.717, 1.165) is 36.9 Å². The van der Waals surface area contributed by atoms with Gasteiger partial charge in [0.05, 0.1) is 22.5 Å². The van der Waals surface area contributed by atoms with Gasteiger partial charge in [-0.3, -0.25) is 9.59 Å². The van der Waals surface area contributed by atoms with E-state index in [1.54, 1.807) is 14.0 Å². The SMILES string of the molecule is Cc1nc(-c2c(C)c(C)nn(C)c2=O)sc1C(=O)NC1(CN)CCCC1.Cl.Cl. The first kappa shape index (κ1) is 24.6. The van der Waals surface area contributed by atoms with Gasteiger partial charge in [0.15, 0.2) is 0 Å². The first-order valence-corrected chi connectivity index (χ1v) is 9.64. The highest BCUT2D eigenvalue weighted by Gasteiger charge is 2.35. The van der Waals surface area contributed by atoms with Crippen molar-refractivity contribution in [1.82, 2.24) is 20.1 Å². The quantitative estimate of drug-likeness (QED) is 0.749. The molecule has 3 N–H and O–H groups in total. The molecule has 1 saturated carbocycles. The molecule has 2 heterocycles. The van der Waals surface area contributed by atoms with Crippen LogP contribution >= 0.6 is 36.2 Å². The monoisotopic (exact) mass is 447 g/mol. The third kappa shape index (κ3) is 4.40. The van der Waals surface area contributed by atoms with Crippen molar-refractivity contribution in [2.24, 2.45) is 12.8 Å². The molecule has 0 bridgehead atoms. The number of aryl methyl sites for hydroxylation is 3. The van der Waals surface area contributed by atoms with Gasteiger partial charge in [-0.2, -0.15) is 5.10 Å². The van der Waals surface area contributed by atoms with Gasteiger partial charge in [-0.15, -0.1) is 36.2 Å². The minimum Gasteiger partial charge on any atom is -0.345 e. The van der Waals surface area contributed by atoms with Crippen LogP contribution < -0.4 is 16.6 Å². The Morgan fingerprint density at radius 1 is 1.21 bits per heavy atom. The Hall–Kier alpha value is -1.48. The van der Waals surface area contributed by atoms with E-state index >= 15 is 0 Å². The average Bonchev–Trinajstić information content (AvgIpc) is 3.21. The minimum absolute atomic E-state index is 0. The number of hydrogen-bond donors (Lipinski definition) is 2. The van der Waals surface area contributed by atoms with Crippen molar-refractivity contribution in [1.29, 1.82) is 0 Å². The lowest BCUT2D eigenvalue weighted by Gasteiger charge is -2.28. The number of thiazole rings is 1. The summed E-state index contributed by atoms with van der Waals surface area (Å²) in [5, 5.41) is 7.89. The molecule has 0 spiro atoms. The number of amides is 1. The highest BCUT2D eigenvalue weighted by Crippen LogP contribution is 2.32. The van der Waals surface area contributed by atoms with Crippen LogP contribution in [0.3, 0.4) is 0 Å². The van der Waals surface area contributed by atoms with Gasteiger partial charge in [0, 0.05) is 13.6 Å². The molecule has 0 aliphatic heterocycles. The number of nitrogens with one attached hydrogen (secondary N) is 1. The standard InChI is InChI=1S/C18H25N5O2S.2ClH/c1-10-11(2)22-23(4)17(25)13(10)16-20-12(3)14(26-16)15(24)21-18(9-19)7-5-6-8-18;;/h5-9,19H2,1-4H3,(H,21,24);2*1H. The van der Waals surface area contributed by atoms with Gasteiger partial charge >= 0.3 is 0 Å². The molecule has 0 aromatic carbocycles. The molecule has 2 aromatic rings. The number of hydrogen-bond acceptors (Lipinski definition) is 6. The van der Waals surface area contributed by atoms with Gasteiger partial charge in [-0.1, -0.05) is 12.8 Å². The van der Waals surface area contributed by atoms with Gasteiger partial charge in [-0.05, 0) is 39.2 Å². The highest BCUT2D eigenvalue weighted by molar-refractivity contribution is 7.17. The molecule has 28 heavy (non-hydrogen) atoms. The van der Waals surface area contributed by atoms with Crippen LogP contribution in [-0.4, -0.2) is 32.8 Å². The molecular weight excluding hydrogens is 421 g/mol. The maximum absolute atomic E-state index is 12.8. The second-order valence-corrected chi connectivity index (χ2v) is 8.09. The summed E-state index contributed by atoms with van der Waals surface area (Å²) >= 11 is 1.25. The number of nitrogens with zero attached hydrogens (tertiary/aromatic N) is 3. The van der Waals surface area contributed by atoms with Crippen molar-refractivity contribution in [2.75, 3.05) is 6.54 Å². The first-order chi connectivity index (χ1) is 12.3. The summed E-state index contributed by atoms with van der Waals surface area (Å²) in [6.45, 7) is 5.95. The summed E-state index contributed by atoms with van der Waals surface area (Å²) in [6.07, 6.45) is 3.97. The Kier molecular flexibility index (Phi) is 8.20. The predicted octanol–water partition coefficient (Wildman–Crippen LogP) is 2.67. The van der Waals surface area contributed by atoms with Crippen LogP contribution in [0.2, 0.25) is 0 Å². The van der Waals surface area contributed by atoms with E-state index in [1.165, 1.54) is 16.0 Å². The fraction of sp³-hybridized carbons (Fsp3) is 0.556. The van der Waals surface area contributed by atoms with Crippen molar-refractivity contribution >= 4 is 42.1 Å². The zero-order valence-corrected chi connectivity index (χ0v) is 18.9. The zero-order valence-electron chi connectivity index (χ0n) is 16.5. The van der Waals surface area contributed by atoms with Crippen molar-refractivity contribution in [3.63, 3.8) is 0 Å². The fourth-order valence-electron chi connectivity index (χ4n) is 3.54. The lowest BCUT2D eigenvalue weighted by Crippen LogP contribution is -2.51. The molecule has 1 fully saturated rings. The number of carbonyl (C=O) groups excluding carboxylic acids is 1. The van der Waals surface area contributed by atoms with E-state index in [2.05, 4.69) is 15.4 Å². The van der Waals surface area contributed by atoms with Gasteiger partial charge in [-0.25, -0.2) is 9.67 Å². The molecule has 0 atom stereocenters. The van der Waals surface area contributed by atoms with Crippen molar-refractivity contribution < 1.29 is 4.79 Å². The summed E-state index contributed by atoms with van der Waals surface area (Å²) in [6, 6.07) is 0. The van der Waals surface area contributed by atoms with Crippen LogP contribution in [0.4, 0.5) is 0 Å². The van der Waals surface area contributed by atoms with Crippen LogP contribution in [0.15, 0.2) is 4.79 Å². The lowest BCUT2D eigenvalue weighted by atomic mass is 9.98. The maximum Gasteiger partial charge on any atom is 0.277 e. The summed E-state index contributed by atoms with van der Waals surface area (Å²) in [5.41, 5.74) is 8.12. The number of halogens is 2. The van der Waals surface area contributed by atoms with E-state index in [9.17, 15) is 9.59 Å². The smallest absolute Gasteiger partial charge is 0.277 e. The van der Waals surface area contributed by atoms with Crippen LogP contribution in [0.25, 0.3) is 10.6 Å². The molecule has 0 saturated heterocycles. The third-order valence-electron chi connectivity index (χ3n) is 5.27. The van der Waals surface area contributed by atoms with Gasteiger partial charge in [0.25, 0.3) is 11.5 Å². The lowest BCUT2D eigenvalue weighted by molar-refractivity contribution is 0.0906. The largest absolute Gasteiger partial charge is 0.345 e. The highest BCUT2D eigenvalue weighted by atomic mass is 35.5. The minimum atomic E-state index is -0.313. The molecule has 1 aliphatic carbocycles. The van der Waals surface area contributed by atoms with Gasteiger partial charge < -0.3 is 11.1 Å². The molecule has 0 unspecified atom stereocenters. The number of aromatic nitrogens is 3. The third-order valence-corrected chi connectivity index (χ3v) is 6.45. The second kappa shape index (κ2) is 9.35. The average molecular weight is 448 g/mol. The first-order valence-electron chi connectivity index (χ1n) is 8.83. The fourth-order valence-corrected chi connectivity index (χ4v) is 4.60. The van der Waals surface area contributed by atoms with E-state index in [1.807, 2.05) is 13.8 Å². The van der Waals surface area contributed by atoms with Crippen molar-refractivity contribution in [2.45, 2.75) is 52.0 Å². The van der Waals surface area contributed by atoms with E-state index in [-0.39, 0.29) is 41.8 Å². The van der Waals surface area contributed by atoms with Crippen molar-refractivity contribution in [3.05, 3.63) is 32.2 Å². The number of nitrogens with two attached hydrogens (primary N) is 1. The number of rotatable bonds is 4. The van der Waals surface area contributed by atoms with Crippen LogP contribution in [0.1, 0.15) is 52.3 Å².